The van der Waals surface area contributed by atoms with E-state index in [4.69, 9.17) is 4.42 Å². The van der Waals surface area contributed by atoms with E-state index in [0.717, 1.165) is 24.5 Å². The molecule has 0 radical (unpaired) electrons. The zero-order valence-corrected chi connectivity index (χ0v) is 9.78. The van der Waals surface area contributed by atoms with Gasteiger partial charge in [-0.1, -0.05) is 6.92 Å². The van der Waals surface area contributed by atoms with Gasteiger partial charge in [0.25, 0.3) is 0 Å². The van der Waals surface area contributed by atoms with Crippen LogP contribution in [0.25, 0.3) is 0 Å². The van der Waals surface area contributed by atoms with Gasteiger partial charge < -0.3 is 14.8 Å². The first-order valence-corrected chi connectivity index (χ1v) is 5.97. The van der Waals surface area contributed by atoms with Crippen LogP contribution >= 0.6 is 0 Å². The number of aliphatic hydroxyl groups excluding tert-OH is 1. The molecule has 0 saturated heterocycles. The highest BCUT2D eigenvalue weighted by Crippen LogP contribution is 2.31. The molecule has 0 bridgehead atoms. The van der Waals surface area contributed by atoms with Crippen LogP contribution in [0.2, 0.25) is 0 Å². The first-order valence-electron chi connectivity index (χ1n) is 5.97. The van der Waals surface area contributed by atoms with E-state index in [9.17, 15) is 5.11 Å². The van der Waals surface area contributed by atoms with Gasteiger partial charge in [-0.15, -0.1) is 0 Å². The predicted molar refractivity (Wildman–Crippen MR) is 60.8 cm³/mol. The molecular weight excluding hydrogens is 204 g/mol. The van der Waals surface area contributed by atoms with Crippen LogP contribution in [0.15, 0.2) is 17.0 Å². The van der Waals surface area contributed by atoms with Gasteiger partial charge in [-0.3, -0.25) is 0 Å². The second kappa shape index (κ2) is 4.97. The van der Waals surface area contributed by atoms with Gasteiger partial charge in [-0.25, -0.2) is 4.98 Å². The minimum atomic E-state index is -0.112. The molecule has 0 atom stereocenters. The Morgan fingerprint density at radius 2 is 2.31 bits per heavy atom. The zero-order valence-electron chi connectivity index (χ0n) is 9.78. The van der Waals surface area contributed by atoms with Crippen molar-refractivity contribution >= 4 is 0 Å². The Balaban J connectivity index is 1.89. The molecule has 1 aliphatic carbocycles. The fourth-order valence-corrected chi connectivity index (χ4v) is 2.31. The van der Waals surface area contributed by atoms with Crippen molar-refractivity contribution in [3.63, 3.8) is 0 Å². The summed E-state index contributed by atoms with van der Waals surface area (Å²) in [4.78, 5) is 3.88. The molecule has 4 nitrogen and oxygen atoms in total. The molecule has 90 valence electrons. The highest BCUT2D eigenvalue weighted by atomic mass is 16.3. The topological polar surface area (TPSA) is 58.3 Å². The van der Waals surface area contributed by atoms with Gasteiger partial charge in [0.15, 0.2) is 6.39 Å². The number of rotatable bonds is 4. The Morgan fingerprint density at radius 1 is 1.56 bits per heavy atom. The minimum absolute atomic E-state index is 0.112. The molecule has 4 heteroatoms. The smallest absolute Gasteiger partial charge is 0.180 e. The second-order valence-corrected chi connectivity index (χ2v) is 4.94. The number of hydrogen-bond acceptors (Lipinski definition) is 4. The average Bonchev–Trinajstić information content (AvgIpc) is 2.82. The summed E-state index contributed by atoms with van der Waals surface area (Å²) < 4.78 is 5.18. The lowest BCUT2D eigenvalue weighted by atomic mass is 9.77. The molecule has 1 heterocycles. The molecule has 1 aromatic heterocycles. The van der Waals surface area contributed by atoms with E-state index in [2.05, 4.69) is 17.2 Å². The maximum Gasteiger partial charge on any atom is 0.180 e. The fraction of sp³-hybridized carbons (Fsp3) is 0.750. The summed E-state index contributed by atoms with van der Waals surface area (Å²) in [5, 5.41) is 13.0. The summed E-state index contributed by atoms with van der Waals surface area (Å²) in [6, 6.07) is 0. The molecule has 0 unspecified atom stereocenters. The molecule has 0 amide bonds. The van der Waals surface area contributed by atoms with Crippen LogP contribution in [0.3, 0.4) is 0 Å². The van der Waals surface area contributed by atoms with Gasteiger partial charge in [-0.2, -0.15) is 0 Å². The van der Waals surface area contributed by atoms with E-state index in [0.29, 0.717) is 6.54 Å². The highest BCUT2D eigenvalue weighted by molar-refractivity contribution is 4.95. The van der Waals surface area contributed by atoms with Gasteiger partial charge in [0.2, 0.25) is 0 Å². The molecule has 2 N–H and O–H groups in total. The lowest BCUT2D eigenvalue weighted by Crippen LogP contribution is -2.50. The van der Waals surface area contributed by atoms with E-state index in [1.165, 1.54) is 19.2 Å². The highest BCUT2D eigenvalue weighted by Gasteiger charge is 2.33. The predicted octanol–water partition coefficient (Wildman–Crippen LogP) is 1.71. The molecule has 2 rings (SSSR count). The summed E-state index contributed by atoms with van der Waals surface area (Å²) >= 11 is 0. The average molecular weight is 224 g/mol. The number of hydrogen-bond donors (Lipinski definition) is 2. The summed E-state index contributed by atoms with van der Waals surface area (Å²) in [7, 11) is 0. The van der Waals surface area contributed by atoms with E-state index in [1.54, 1.807) is 6.20 Å². The minimum Gasteiger partial charge on any atom is -0.447 e. The number of oxazole rings is 1. The molecule has 0 aliphatic heterocycles. The molecule has 1 fully saturated rings. The largest absolute Gasteiger partial charge is 0.447 e. The van der Waals surface area contributed by atoms with Crippen LogP contribution in [0.1, 0.15) is 38.4 Å². The third-order valence-corrected chi connectivity index (χ3v) is 3.66. The van der Waals surface area contributed by atoms with Crippen LogP contribution in [0, 0.1) is 5.92 Å². The van der Waals surface area contributed by atoms with Crippen molar-refractivity contribution in [1.29, 1.82) is 0 Å². The van der Waals surface area contributed by atoms with Crippen LogP contribution < -0.4 is 5.32 Å². The normalized spacial score (nSPS) is 30.5. The molecule has 1 aliphatic rings. The molecule has 16 heavy (non-hydrogen) atoms. The van der Waals surface area contributed by atoms with Crippen molar-refractivity contribution in [2.45, 2.75) is 44.7 Å². The molecular formula is C12H20N2O2. The lowest BCUT2D eigenvalue weighted by molar-refractivity contribution is 0.102. The van der Waals surface area contributed by atoms with Crippen LogP contribution in [-0.4, -0.2) is 22.2 Å². The third kappa shape index (κ3) is 2.62. The third-order valence-electron chi connectivity index (χ3n) is 3.66. The molecule has 0 spiro atoms. The van der Waals surface area contributed by atoms with Crippen molar-refractivity contribution in [2.24, 2.45) is 5.92 Å². The van der Waals surface area contributed by atoms with Crippen molar-refractivity contribution in [3.8, 4) is 0 Å². The van der Waals surface area contributed by atoms with Gasteiger partial charge in [-0.05, 0) is 31.6 Å². The fourth-order valence-electron chi connectivity index (χ4n) is 2.31. The SMILES string of the molecule is CC1CCC(CO)(NCc2cnco2)CC1. The maximum absolute atomic E-state index is 9.55. The van der Waals surface area contributed by atoms with Crippen molar-refractivity contribution < 1.29 is 9.52 Å². The molecule has 1 saturated carbocycles. The van der Waals surface area contributed by atoms with Gasteiger partial charge >= 0.3 is 0 Å². The molecule has 1 aromatic rings. The number of aliphatic hydroxyl groups is 1. The Kier molecular flexibility index (Phi) is 3.61. The zero-order chi connectivity index (χ0) is 11.4. The number of aromatic nitrogens is 1. The van der Waals surface area contributed by atoms with Gasteiger partial charge in [0.05, 0.1) is 19.3 Å². The van der Waals surface area contributed by atoms with Crippen molar-refractivity contribution in [2.75, 3.05) is 6.61 Å². The second-order valence-electron chi connectivity index (χ2n) is 4.94. The Labute approximate surface area is 96.1 Å². The summed E-state index contributed by atoms with van der Waals surface area (Å²) in [6.45, 7) is 3.13. The van der Waals surface area contributed by atoms with E-state index in [1.807, 2.05) is 0 Å². The van der Waals surface area contributed by atoms with Crippen molar-refractivity contribution in [3.05, 3.63) is 18.4 Å². The summed E-state index contributed by atoms with van der Waals surface area (Å²) in [5.74, 6) is 1.61. The van der Waals surface area contributed by atoms with Gasteiger partial charge in [0.1, 0.15) is 5.76 Å². The standard InChI is InChI=1S/C12H20N2O2/c1-10-2-4-12(8-15,5-3-10)14-7-11-6-13-9-16-11/h6,9-10,14-15H,2-5,7-8H2,1H3. The molecule has 0 aromatic carbocycles. The van der Waals surface area contributed by atoms with E-state index >= 15 is 0 Å². The Bertz CT molecular complexity index is 303. The Hall–Kier alpha value is -0.870. The van der Waals surface area contributed by atoms with E-state index < -0.39 is 0 Å². The first kappa shape index (κ1) is 11.6. The Morgan fingerprint density at radius 3 is 2.88 bits per heavy atom. The monoisotopic (exact) mass is 224 g/mol. The number of nitrogens with one attached hydrogen (secondary N) is 1. The number of nitrogens with zero attached hydrogens (tertiary/aromatic N) is 1. The van der Waals surface area contributed by atoms with Gasteiger partial charge in [0, 0.05) is 5.54 Å². The lowest BCUT2D eigenvalue weighted by Gasteiger charge is -2.38. The van der Waals surface area contributed by atoms with Crippen LogP contribution in [0.5, 0.6) is 0 Å². The van der Waals surface area contributed by atoms with Crippen LogP contribution in [0.4, 0.5) is 0 Å². The van der Waals surface area contributed by atoms with Crippen molar-refractivity contribution in [1.82, 2.24) is 10.3 Å². The maximum atomic E-state index is 9.55. The summed E-state index contributed by atoms with van der Waals surface area (Å²) in [5.41, 5.74) is -0.112. The first-order chi connectivity index (χ1) is 7.74. The summed E-state index contributed by atoms with van der Waals surface area (Å²) in [6.07, 6.45) is 7.60. The van der Waals surface area contributed by atoms with Crippen LogP contribution in [-0.2, 0) is 6.54 Å². The quantitative estimate of drug-likeness (QED) is 0.817. The van der Waals surface area contributed by atoms with E-state index in [-0.39, 0.29) is 12.1 Å².